The van der Waals surface area contributed by atoms with Gasteiger partial charge in [0, 0.05) is 30.8 Å². The molecule has 10 nitrogen and oxygen atoms in total. The number of amides is 1. The lowest BCUT2D eigenvalue weighted by Gasteiger charge is -2.28. The number of imidazole rings is 1. The number of anilines is 2. The zero-order valence-electron chi connectivity index (χ0n) is 20.5. The van der Waals surface area contributed by atoms with Gasteiger partial charge in [-0.05, 0) is 25.3 Å². The molecule has 0 spiro atoms. The maximum absolute atomic E-state index is 16.0. The standard InChI is InChI=1S/C26H26FN9O/c1-14(2)26(37)31-16-8-15(9-28-10-16)22-21(27)20-17(12-30-22)34-35-24(20)25-32-18-11-29-13-19(23(18)33-25)36-6-4-3-5-7-36/h8-14H,3-7H2,1-2H3,(H,31,37)(H,32,33)(H,34,35). The number of H-pyrrole nitrogens is 2. The van der Waals surface area contributed by atoms with E-state index in [9.17, 15) is 4.79 Å². The van der Waals surface area contributed by atoms with Crippen LogP contribution in [0.5, 0.6) is 0 Å². The highest BCUT2D eigenvalue weighted by atomic mass is 19.1. The van der Waals surface area contributed by atoms with E-state index in [0.29, 0.717) is 28.3 Å². The van der Waals surface area contributed by atoms with E-state index < -0.39 is 5.82 Å². The number of aromatic nitrogens is 7. The number of nitrogens with one attached hydrogen (secondary N) is 3. The number of rotatable bonds is 5. The van der Waals surface area contributed by atoms with Crippen molar-refractivity contribution in [2.75, 3.05) is 23.3 Å². The lowest BCUT2D eigenvalue weighted by molar-refractivity contribution is -0.118. The van der Waals surface area contributed by atoms with Gasteiger partial charge >= 0.3 is 0 Å². The Balaban J connectivity index is 1.42. The van der Waals surface area contributed by atoms with Crippen molar-refractivity contribution in [3.05, 3.63) is 42.9 Å². The van der Waals surface area contributed by atoms with Crippen molar-refractivity contribution in [2.45, 2.75) is 33.1 Å². The SMILES string of the molecule is CC(C)C(=O)Nc1cncc(-c2ncc3[nH]nc(-c4nc5c(N6CCCCC6)cncc5[nH]4)c3c2F)c1. The number of hydrogen-bond acceptors (Lipinski definition) is 7. The number of nitrogens with zero attached hydrogens (tertiary/aromatic N) is 6. The summed E-state index contributed by atoms with van der Waals surface area (Å²) >= 11 is 0. The number of hydrogen-bond donors (Lipinski definition) is 3. The van der Waals surface area contributed by atoms with Gasteiger partial charge in [0.1, 0.15) is 16.9 Å². The zero-order valence-corrected chi connectivity index (χ0v) is 20.5. The lowest BCUT2D eigenvalue weighted by Crippen LogP contribution is -2.29. The summed E-state index contributed by atoms with van der Waals surface area (Å²) in [6, 6.07) is 1.65. The molecule has 1 fully saturated rings. The summed E-state index contributed by atoms with van der Waals surface area (Å²) in [5, 5.41) is 10.3. The molecule has 1 saturated heterocycles. The van der Waals surface area contributed by atoms with Crippen LogP contribution < -0.4 is 10.2 Å². The molecule has 0 atom stereocenters. The third-order valence-corrected chi connectivity index (χ3v) is 6.64. The van der Waals surface area contributed by atoms with Crippen LogP contribution in [-0.4, -0.2) is 54.1 Å². The minimum absolute atomic E-state index is 0.107. The fraction of sp³-hybridized carbons (Fsp3) is 0.308. The number of carbonyl (C=O) groups excluding carboxylic acids is 1. The maximum atomic E-state index is 16.0. The number of halogens is 1. The van der Waals surface area contributed by atoms with Crippen molar-refractivity contribution in [1.29, 1.82) is 0 Å². The molecule has 5 aromatic heterocycles. The number of piperidine rings is 1. The Bertz CT molecular complexity index is 1620. The zero-order chi connectivity index (χ0) is 25.5. The monoisotopic (exact) mass is 499 g/mol. The van der Waals surface area contributed by atoms with Crippen LogP contribution in [0.3, 0.4) is 0 Å². The van der Waals surface area contributed by atoms with Gasteiger partial charge in [-0.25, -0.2) is 9.37 Å². The summed E-state index contributed by atoms with van der Waals surface area (Å²) < 4.78 is 16.0. The van der Waals surface area contributed by atoms with E-state index in [1.807, 2.05) is 6.20 Å². The summed E-state index contributed by atoms with van der Waals surface area (Å²) in [5.74, 6) is -0.453. The van der Waals surface area contributed by atoms with Crippen LogP contribution in [0.4, 0.5) is 15.8 Å². The molecule has 0 bridgehead atoms. The third kappa shape index (κ3) is 4.15. The molecule has 1 aliphatic rings. The van der Waals surface area contributed by atoms with E-state index in [4.69, 9.17) is 4.98 Å². The van der Waals surface area contributed by atoms with Gasteiger partial charge in [-0.15, -0.1) is 0 Å². The summed E-state index contributed by atoms with van der Waals surface area (Å²) in [4.78, 5) is 35.4. The minimum atomic E-state index is -0.551. The molecule has 5 aromatic rings. The number of fused-ring (bicyclic) bond motifs is 2. The highest BCUT2D eigenvalue weighted by Gasteiger charge is 2.23. The molecule has 1 aliphatic heterocycles. The normalized spacial score (nSPS) is 14.1. The fourth-order valence-corrected chi connectivity index (χ4v) is 4.67. The van der Waals surface area contributed by atoms with Crippen LogP contribution in [0.2, 0.25) is 0 Å². The first-order valence-electron chi connectivity index (χ1n) is 12.4. The molecule has 0 aliphatic carbocycles. The molecule has 0 radical (unpaired) electrons. The molecule has 3 N–H and O–H groups in total. The molecule has 37 heavy (non-hydrogen) atoms. The van der Waals surface area contributed by atoms with Gasteiger partial charge < -0.3 is 15.2 Å². The average molecular weight is 500 g/mol. The van der Waals surface area contributed by atoms with Crippen molar-refractivity contribution in [3.63, 3.8) is 0 Å². The van der Waals surface area contributed by atoms with Crippen molar-refractivity contribution < 1.29 is 9.18 Å². The molecule has 1 amide bonds. The van der Waals surface area contributed by atoms with E-state index in [0.717, 1.165) is 42.7 Å². The first-order chi connectivity index (χ1) is 18.0. The average Bonchev–Trinajstić information content (AvgIpc) is 3.54. The molecule has 0 unspecified atom stereocenters. The molecular weight excluding hydrogens is 473 g/mol. The Kier molecular flexibility index (Phi) is 5.74. The quantitative estimate of drug-likeness (QED) is 0.320. The second-order valence-electron chi connectivity index (χ2n) is 9.58. The molecule has 0 saturated carbocycles. The smallest absolute Gasteiger partial charge is 0.226 e. The van der Waals surface area contributed by atoms with E-state index >= 15 is 4.39 Å². The summed E-state index contributed by atoms with van der Waals surface area (Å²) in [5.41, 5.74) is 4.34. The molecule has 6 rings (SSSR count). The van der Waals surface area contributed by atoms with Crippen molar-refractivity contribution >= 4 is 39.2 Å². The van der Waals surface area contributed by atoms with E-state index in [1.165, 1.54) is 25.0 Å². The van der Waals surface area contributed by atoms with Gasteiger partial charge in [-0.2, -0.15) is 5.10 Å². The first-order valence-corrected chi connectivity index (χ1v) is 12.4. The third-order valence-electron chi connectivity index (χ3n) is 6.64. The topological polar surface area (TPSA) is 128 Å². The molecular formula is C26H26FN9O. The van der Waals surface area contributed by atoms with Crippen LogP contribution >= 0.6 is 0 Å². The van der Waals surface area contributed by atoms with Crippen molar-refractivity contribution in [1.82, 2.24) is 35.1 Å². The predicted molar refractivity (Wildman–Crippen MR) is 139 cm³/mol. The lowest BCUT2D eigenvalue weighted by atomic mass is 10.1. The highest BCUT2D eigenvalue weighted by Crippen LogP contribution is 2.34. The van der Waals surface area contributed by atoms with Gasteiger partial charge in [-0.3, -0.25) is 24.8 Å². The molecule has 6 heterocycles. The number of pyridine rings is 3. The van der Waals surface area contributed by atoms with Crippen LogP contribution in [-0.2, 0) is 4.79 Å². The van der Waals surface area contributed by atoms with Crippen LogP contribution in [0.25, 0.3) is 44.7 Å². The van der Waals surface area contributed by atoms with Gasteiger partial charge in [0.25, 0.3) is 0 Å². The first kappa shape index (κ1) is 23.0. The van der Waals surface area contributed by atoms with Crippen molar-refractivity contribution in [2.24, 2.45) is 5.92 Å². The Labute approximate surface area is 211 Å². The molecule has 11 heteroatoms. The van der Waals surface area contributed by atoms with Gasteiger partial charge in [0.2, 0.25) is 5.91 Å². The number of aromatic amines is 2. The fourth-order valence-electron chi connectivity index (χ4n) is 4.67. The van der Waals surface area contributed by atoms with Crippen molar-refractivity contribution in [3.8, 4) is 22.8 Å². The predicted octanol–water partition coefficient (Wildman–Crippen LogP) is 4.68. The maximum Gasteiger partial charge on any atom is 0.226 e. The van der Waals surface area contributed by atoms with E-state index in [-0.39, 0.29) is 22.9 Å². The second-order valence-corrected chi connectivity index (χ2v) is 9.58. The van der Waals surface area contributed by atoms with Crippen LogP contribution in [0.1, 0.15) is 33.1 Å². The summed E-state index contributed by atoms with van der Waals surface area (Å²) in [7, 11) is 0. The van der Waals surface area contributed by atoms with E-state index in [1.54, 1.807) is 26.1 Å². The van der Waals surface area contributed by atoms with Crippen LogP contribution in [0.15, 0.2) is 37.1 Å². The molecule has 188 valence electrons. The van der Waals surface area contributed by atoms with Gasteiger partial charge in [0.05, 0.1) is 52.6 Å². The molecule has 0 aromatic carbocycles. The Morgan fingerprint density at radius 2 is 1.84 bits per heavy atom. The number of carbonyl (C=O) groups is 1. The second kappa shape index (κ2) is 9.23. The Hall–Kier alpha value is -4.41. The summed E-state index contributed by atoms with van der Waals surface area (Å²) in [6.45, 7) is 5.52. The Morgan fingerprint density at radius 1 is 1.03 bits per heavy atom. The minimum Gasteiger partial charge on any atom is -0.368 e. The largest absolute Gasteiger partial charge is 0.368 e. The van der Waals surface area contributed by atoms with E-state index in [2.05, 4.69) is 40.3 Å². The van der Waals surface area contributed by atoms with Gasteiger partial charge in [0.15, 0.2) is 11.6 Å². The van der Waals surface area contributed by atoms with Crippen LogP contribution in [0, 0.1) is 11.7 Å². The Morgan fingerprint density at radius 3 is 2.65 bits per heavy atom. The summed E-state index contributed by atoms with van der Waals surface area (Å²) in [6.07, 6.45) is 11.6. The van der Waals surface area contributed by atoms with Gasteiger partial charge in [-0.1, -0.05) is 13.8 Å². The highest BCUT2D eigenvalue weighted by molar-refractivity contribution is 5.97.